The summed E-state index contributed by atoms with van der Waals surface area (Å²) in [4.78, 5) is 39.3. The number of carbonyl (C=O) groups is 4. The van der Waals surface area contributed by atoms with Crippen molar-refractivity contribution in [2.24, 2.45) is 0 Å². The molecule has 0 amide bonds. The molecule has 0 saturated carbocycles. The van der Waals surface area contributed by atoms with Crippen LogP contribution in [0.25, 0.3) is 0 Å². The molecule has 0 spiro atoms. The first-order chi connectivity index (χ1) is 7.33. The van der Waals surface area contributed by atoms with Gasteiger partial charge >= 0.3 is 23.1 Å². The molecular weight excluding hydrogens is 240 g/mol. The summed E-state index contributed by atoms with van der Waals surface area (Å²) in [5.74, 6) is -3.78. The van der Waals surface area contributed by atoms with Crippen LogP contribution in [0.2, 0.25) is 0 Å². The van der Waals surface area contributed by atoms with Gasteiger partial charge < -0.3 is 19.8 Å². The SMILES string of the molecule is C=CC(=O)CC(=O)[O-].C=CC(=O)CC(=O)[O-].[Mg+2]. The number of hydrogen-bond acceptors (Lipinski definition) is 6. The predicted molar refractivity (Wildman–Crippen MR) is 55.4 cm³/mol. The molecule has 0 atom stereocenters. The fourth-order valence-corrected chi connectivity index (χ4v) is 0.429. The molecule has 0 aromatic heterocycles. The summed E-state index contributed by atoms with van der Waals surface area (Å²) >= 11 is 0. The Morgan fingerprint density at radius 2 is 1.06 bits per heavy atom. The number of carboxylic acid groups (broad SMARTS) is 2. The van der Waals surface area contributed by atoms with Gasteiger partial charge in [0.05, 0.1) is 12.8 Å². The Morgan fingerprint density at radius 3 is 1.12 bits per heavy atom. The maximum Gasteiger partial charge on any atom is 2.00 e. The van der Waals surface area contributed by atoms with E-state index in [9.17, 15) is 29.4 Å². The zero-order chi connectivity index (χ0) is 13.1. The third-order valence-electron chi connectivity index (χ3n) is 1.09. The van der Waals surface area contributed by atoms with E-state index in [1.54, 1.807) is 0 Å². The number of allylic oxidation sites excluding steroid dienone is 2. The van der Waals surface area contributed by atoms with Crippen molar-refractivity contribution in [1.29, 1.82) is 0 Å². The Kier molecular flexibility index (Phi) is 15.5. The number of carboxylic acids is 2. The Morgan fingerprint density at radius 1 is 0.824 bits per heavy atom. The Balaban J connectivity index is -0.000000218. The molecule has 17 heavy (non-hydrogen) atoms. The van der Waals surface area contributed by atoms with Crippen LogP contribution in [0.4, 0.5) is 0 Å². The summed E-state index contributed by atoms with van der Waals surface area (Å²) in [5.41, 5.74) is 0. The van der Waals surface area contributed by atoms with Crippen LogP contribution in [0.15, 0.2) is 25.3 Å². The normalized spacial score (nSPS) is 7.53. The van der Waals surface area contributed by atoms with Crippen molar-refractivity contribution in [3.8, 4) is 0 Å². The smallest absolute Gasteiger partial charge is 0.550 e. The molecular formula is C10H10MgO6. The van der Waals surface area contributed by atoms with Crippen molar-refractivity contribution in [1.82, 2.24) is 0 Å². The predicted octanol–water partition coefficient (Wildman–Crippen LogP) is -2.62. The van der Waals surface area contributed by atoms with Gasteiger partial charge in [-0.2, -0.15) is 0 Å². The van der Waals surface area contributed by atoms with Gasteiger partial charge in [0.25, 0.3) is 0 Å². The summed E-state index contributed by atoms with van der Waals surface area (Å²) in [6.45, 7) is 6.15. The zero-order valence-corrected chi connectivity index (χ0v) is 10.6. The van der Waals surface area contributed by atoms with Crippen LogP contribution in [-0.2, 0) is 19.2 Å². The fourth-order valence-electron chi connectivity index (χ4n) is 0.429. The molecule has 88 valence electrons. The van der Waals surface area contributed by atoms with Gasteiger partial charge in [0.15, 0.2) is 11.6 Å². The number of hydrogen-bond donors (Lipinski definition) is 0. The minimum absolute atomic E-state index is 0. The molecule has 0 rings (SSSR count). The first-order valence-electron chi connectivity index (χ1n) is 4.03. The van der Waals surface area contributed by atoms with E-state index in [1.165, 1.54) is 0 Å². The van der Waals surface area contributed by atoms with Crippen molar-refractivity contribution < 1.29 is 29.4 Å². The van der Waals surface area contributed by atoms with Crippen molar-refractivity contribution in [2.45, 2.75) is 12.8 Å². The van der Waals surface area contributed by atoms with E-state index in [0.29, 0.717) is 0 Å². The van der Waals surface area contributed by atoms with E-state index in [4.69, 9.17) is 0 Å². The maximum absolute atomic E-state index is 10.1. The summed E-state index contributed by atoms with van der Waals surface area (Å²) in [5, 5.41) is 19.2. The zero-order valence-electron chi connectivity index (χ0n) is 9.14. The second kappa shape index (κ2) is 12.6. The van der Waals surface area contributed by atoms with Gasteiger partial charge in [-0.05, 0) is 12.2 Å². The van der Waals surface area contributed by atoms with Gasteiger partial charge in [0.2, 0.25) is 0 Å². The van der Waals surface area contributed by atoms with Crippen LogP contribution in [0, 0.1) is 0 Å². The molecule has 0 aliphatic heterocycles. The van der Waals surface area contributed by atoms with Crippen molar-refractivity contribution in [3.63, 3.8) is 0 Å². The maximum atomic E-state index is 10.1. The molecule has 6 nitrogen and oxygen atoms in total. The van der Waals surface area contributed by atoms with Crippen molar-refractivity contribution in [2.75, 3.05) is 0 Å². The van der Waals surface area contributed by atoms with Crippen molar-refractivity contribution in [3.05, 3.63) is 25.3 Å². The van der Waals surface area contributed by atoms with Gasteiger partial charge in [-0.3, -0.25) is 9.59 Å². The van der Waals surface area contributed by atoms with Gasteiger partial charge in [0, 0.05) is 11.9 Å². The molecule has 0 bridgehead atoms. The molecule has 0 aliphatic carbocycles. The number of aliphatic carboxylic acids is 2. The molecule has 0 N–H and O–H groups in total. The number of carbonyl (C=O) groups excluding carboxylic acids is 4. The van der Waals surface area contributed by atoms with E-state index in [2.05, 4.69) is 13.2 Å². The molecule has 0 radical (unpaired) electrons. The quantitative estimate of drug-likeness (QED) is 0.290. The average molecular weight is 250 g/mol. The summed E-state index contributed by atoms with van der Waals surface area (Å²) in [7, 11) is 0. The average Bonchev–Trinajstić information content (AvgIpc) is 2.16. The second-order valence-electron chi connectivity index (χ2n) is 2.44. The molecule has 0 aliphatic rings. The first kappa shape index (κ1) is 20.9. The number of ketones is 2. The van der Waals surface area contributed by atoms with Gasteiger partial charge in [-0.1, -0.05) is 13.2 Å². The van der Waals surface area contributed by atoms with Gasteiger partial charge in [0.1, 0.15) is 0 Å². The van der Waals surface area contributed by atoms with Gasteiger partial charge in [-0.25, -0.2) is 0 Å². The monoisotopic (exact) mass is 250 g/mol. The summed E-state index contributed by atoms with van der Waals surface area (Å²) < 4.78 is 0. The topological polar surface area (TPSA) is 114 Å². The first-order valence-corrected chi connectivity index (χ1v) is 4.03. The van der Waals surface area contributed by atoms with Crippen LogP contribution in [0.5, 0.6) is 0 Å². The summed E-state index contributed by atoms with van der Waals surface area (Å²) in [6.07, 6.45) is 0.776. The minimum Gasteiger partial charge on any atom is -0.550 e. The van der Waals surface area contributed by atoms with E-state index in [-0.39, 0.29) is 23.1 Å². The Hall–Kier alpha value is -1.47. The number of rotatable bonds is 6. The van der Waals surface area contributed by atoms with Crippen molar-refractivity contribution >= 4 is 46.6 Å². The van der Waals surface area contributed by atoms with E-state index >= 15 is 0 Å². The fraction of sp³-hybridized carbons (Fsp3) is 0.200. The van der Waals surface area contributed by atoms with E-state index in [1.807, 2.05) is 0 Å². The summed E-state index contributed by atoms with van der Waals surface area (Å²) in [6, 6.07) is 0. The Bertz CT molecular complexity index is 289. The molecule has 0 unspecified atom stereocenters. The molecule has 0 fully saturated rings. The molecule has 0 heterocycles. The van der Waals surface area contributed by atoms with E-state index < -0.39 is 36.3 Å². The molecule has 7 heteroatoms. The molecule has 0 saturated heterocycles. The largest absolute Gasteiger partial charge is 2.00 e. The standard InChI is InChI=1S/2C5H6O3.Mg/c2*1-2-4(6)3-5(7)8;/h2*2H,1,3H2,(H,7,8);/q;;+2/p-2. The minimum atomic E-state index is -1.37. The van der Waals surface area contributed by atoms with Crippen LogP contribution in [-0.4, -0.2) is 46.6 Å². The molecule has 0 aromatic rings. The van der Waals surface area contributed by atoms with E-state index in [0.717, 1.165) is 12.2 Å². The van der Waals surface area contributed by atoms with Crippen LogP contribution < -0.4 is 10.2 Å². The van der Waals surface area contributed by atoms with Gasteiger partial charge in [-0.15, -0.1) is 0 Å². The molecule has 0 aromatic carbocycles. The van der Waals surface area contributed by atoms with Crippen LogP contribution in [0.3, 0.4) is 0 Å². The second-order valence-corrected chi connectivity index (χ2v) is 2.44. The van der Waals surface area contributed by atoms with Crippen LogP contribution in [0.1, 0.15) is 12.8 Å². The third-order valence-corrected chi connectivity index (χ3v) is 1.09. The third kappa shape index (κ3) is 20.6. The van der Waals surface area contributed by atoms with Crippen LogP contribution >= 0.6 is 0 Å². The Labute approximate surface area is 114 Å².